The fourth-order valence-electron chi connectivity index (χ4n) is 1.97. The summed E-state index contributed by atoms with van der Waals surface area (Å²) in [5.74, 6) is 1.00. The van der Waals surface area contributed by atoms with E-state index in [-0.39, 0.29) is 6.61 Å². The monoisotopic (exact) mass is 262 g/mol. The average Bonchev–Trinajstić information content (AvgIpc) is 2.89. The van der Waals surface area contributed by atoms with E-state index >= 15 is 0 Å². The summed E-state index contributed by atoms with van der Waals surface area (Å²) in [7, 11) is 0. The Morgan fingerprint density at radius 1 is 1.44 bits per heavy atom. The molecule has 2 aromatic rings. The Hall–Kier alpha value is -1.39. The fourth-order valence-corrected chi connectivity index (χ4v) is 2.69. The lowest BCUT2D eigenvalue weighted by molar-refractivity contribution is 0.281. The molecule has 2 rings (SSSR count). The predicted molar refractivity (Wildman–Crippen MR) is 75.9 cm³/mol. The van der Waals surface area contributed by atoms with Crippen molar-refractivity contribution in [3.05, 3.63) is 45.8 Å². The van der Waals surface area contributed by atoms with Crippen LogP contribution >= 0.6 is 11.3 Å². The molecule has 0 saturated heterocycles. The molecule has 96 valence electrons. The molecule has 0 spiro atoms. The van der Waals surface area contributed by atoms with Gasteiger partial charge in [0, 0.05) is 17.6 Å². The normalized spacial score (nSPS) is 10.6. The maximum Gasteiger partial charge on any atom is 0.131 e. The molecule has 2 heterocycles. The molecule has 3 nitrogen and oxygen atoms in total. The highest BCUT2D eigenvalue weighted by molar-refractivity contribution is 7.09. The standard InChI is InChI=1S/C14H18N2OS/c1-3-16(9-13-5-4-6-18-13)14-11(2)7-12(10-17)8-15-14/h4-8,17H,3,9-10H2,1-2H3. The van der Waals surface area contributed by atoms with Gasteiger partial charge in [-0.1, -0.05) is 6.07 Å². The second kappa shape index (κ2) is 5.98. The van der Waals surface area contributed by atoms with Crippen LogP contribution in [0.25, 0.3) is 0 Å². The lowest BCUT2D eigenvalue weighted by Gasteiger charge is -2.23. The fraction of sp³-hybridized carbons (Fsp3) is 0.357. The number of aliphatic hydroxyl groups excluding tert-OH is 1. The second-order valence-corrected chi connectivity index (χ2v) is 5.27. The van der Waals surface area contributed by atoms with Crippen LogP contribution in [0.5, 0.6) is 0 Å². The van der Waals surface area contributed by atoms with E-state index in [1.54, 1.807) is 17.5 Å². The topological polar surface area (TPSA) is 36.4 Å². The molecule has 2 aromatic heterocycles. The minimum Gasteiger partial charge on any atom is -0.392 e. The maximum atomic E-state index is 9.10. The molecule has 0 amide bonds. The Morgan fingerprint density at radius 3 is 2.83 bits per heavy atom. The first kappa shape index (κ1) is 13.1. The van der Waals surface area contributed by atoms with Gasteiger partial charge in [0.1, 0.15) is 5.82 Å². The molecule has 0 aliphatic heterocycles. The lowest BCUT2D eigenvalue weighted by atomic mass is 10.2. The molecule has 1 N–H and O–H groups in total. The van der Waals surface area contributed by atoms with Crippen molar-refractivity contribution in [2.24, 2.45) is 0 Å². The molecule has 4 heteroatoms. The number of aromatic nitrogens is 1. The van der Waals surface area contributed by atoms with E-state index in [1.807, 2.05) is 13.0 Å². The summed E-state index contributed by atoms with van der Waals surface area (Å²) in [6.07, 6.45) is 1.75. The number of aryl methyl sites for hydroxylation is 1. The van der Waals surface area contributed by atoms with Gasteiger partial charge >= 0.3 is 0 Å². The van der Waals surface area contributed by atoms with Gasteiger partial charge in [0.25, 0.3) is 0 Å². The molecular weight excluding hydrogens is 244 g/mol. The molecule has 0 aliphatic carbocycles. The van der Waals surface area contributed by atoms with Crippen LogP contribution in [0.3, 0.4) is 0 Å². The Balaban J connectivity index is 2.22. The van der Waals surface area contributed by atoms with E-state index in [4.69, 9.17) is 5.11 Å². The average molecular weight is 262 g/mol. The summed E-state index contributed by atoms with van der Waals surface area (Å²) >= 11 is 1.77. The van der Waals surface area contributed by atoms with Crippen molar-refractivity contribution in [1.29, 1.82) is 0 Å². The number of anilines is 1. The Labute approximate surface area is 112 Å². The largest absolute Gasteiger partial charge is 0.392 e. The summed E-state index contributed by atoms with van der Waals surface area (Å²) in [5, 5.41) is 11.2. The molecule has 0 atom stereocenters. The summed E-state index contributed by atoms with van der Waals surface area (Å²) in [6.45, 7) is 6.03. The van der Waals surface area contributed by atoms with Crippen LogP contribution in [0, 0.1) is 6.92 Å². The number of rotatable bonds is 5. The van der Waals surface area contributed by atoms with Gasteiger partial charge in [-0.2, -0.15) is 0 Å². The molecule has 0 radical (unpaired) electrons. The first-order chi connectivity index (χ1) is 8.74. The third kappa shape index (κ3) is 2.89. The van der Waals surface area contributed by atoms with Gasteiger partial charge in [0.15, 0.2) is 0 Å². The van der Waals surface area contributed by atoms with Crippen LogP contribution in [0.2, 0.25) is 0 Å². The molecule has 18 heavy (non-hydrogen) atoms. The highest BCUT2D eigenvalue weighted by Gasteiger charge is 2.10. The van der Waals surface area contributed by atoms with Crippen LogP contribution in [-0.2, 0) is 13.2 Å². The van der Waals surface area contributed by atoms with Gasteiger partial charge in [-0.15, -0.1) is 11.3 Å². The second-order valence-electron chi connectivity index (χ2n) is 4.24. The summed E-state index contributed by atoms with van der Waals surface area (Å²) in [6, 6.07) is 6.22. The Bertz CT molecular complexity index is 497. The maximum absolute atomic E-state index is 9.10. The molecule has 0 saturated carbocycles. The zero-order valence-corrected chi connectivity index (χ0v) is 11.6. The molecule has 0 fully saturated rings. The van der Waals surface area contributed by atoms with Gasteiger partial charge in [-0.25, -0.2) is 4.98 Å². The zero-order chi connectivity index (χ0) is 13.0. The van der Waals surface area contributed by atoms with Crippen LogP contribution < -0.4 is 4.90 Å². The van der Waals surface area contributed by atoms with Crippen molar-refractivity contribution >= 4 is 17.2 Å². The zero-order valence-electron chi connectivity index (χ0n) is 10.8. The van der Waals surface area contributed by atoms with Gasteiger partial charge in [0.05, 0.1) is 13.2 Å². The van der Waals surface area contributed by atoms with Crippen LogP contribution in [-0.4, -0.2) is 16.6 Å². The first-order valence-corrected chi connectivity index (χ1v) is 6.96. The molecular formula is C14H18N2OS. The summed E-state index contributed by atoms with van der Waals surface area (Å²) in [4.78, 5) is 8.06. The number of pyridine rings is 1. The first-order valence-electron chi connectivity index (χ1n) is 6.08. The third-order valence-electron chi connectivity index (χ3n) is 2.90. The van der Waals surface area contributed by atoms with Crippen molar-refractivity contribution in [2.75, 3.05) is 11.4 Å². The van der Waals surface area contributed by atoms with Crippen molar-refractivity contribution < 1.29 is 5.11 Å². The quantitative estimate of drug-likeness (QED) is 0.900. The Morgan fingerprint density at radius 2 is 2.28 bits per heavy atom. The van der Waals surface area contributed by atoms with E-state index in [9.17, 15) is 0 Å². The predicted octanol–water partition coefficient (Wildman–Crippen LogP) is 2.97. The Kier molecular flexibility index (Phi) is 4.33. The number of hydrogen-bond acceptors (Lipinski definition) is 4. The molecule has 0 aromatic carbocycles. The minimum atomic E-state index is 0.0468. The van der Waals surface area contributed by atoms with Crippen LogP contribution in [0.1, 0.15) is 22.9 Å². The third-order valence-corrected chi connectivity index (χ3v) is 3.76. The van der Waals surface area contributed by atoms with Crippen molar-refractivity contribution in [2.45, 2.75) is 27.0 Å². The molecule has 0 aliphatic rings. The number of aliphatic hydroxyl groups is 1. The van der Waals surface area contributed by atoms with Crippen LogP contribution in [0.4, 0.5) is 5.82 Å². The van der Waals surface area contributed by atoms with E-state index < -0.39 is 0 Å². The molecule has 0 unspecified atom stereocenters. The smallest absolute Gasteiger partial charge is 0.131 e. The summed E-state index contributed by atoms with van der Waals surface area (Å²) < 4.78 is 0. The van der Waals surface area contributed by atoms with Gasteiger partial charge in [-0.3, -0.25) is 0 Å². The minimum absolute atomic E-state index is 0.0468. The van der Waals surface area contributed by atoms with E-state index in [0.29, 0.717) is 0 Å². The van der Waals surface area contributed by atoms with Crippen molar-refractivity contribution in [3.63, 3.8) is 0 Å². The van der Waals surface area contributed by atoms with Crippen molar-refractivity contribution in [1.82, 2.24) is 4.98 Å². The highest BCUT2D eigenvalue weighted by Crippen LogP contribution is 2.21. The van der Waals surface area contributed by atoms with Gasteiger partial charge in [-0.05, 0) is 42.5 Å². The van der Waals surface area contributed by atoms with Crippen molar-refractivity contribution in [3.8, 4) is 0 Å². The lowest BCUT2D eigenvalue weighted by Crippen LogP contribution is -2.23. The van der Waals surface area contributed by atoms with E-state index in [1.165, 1.54) is 4.88 Å². The van der Waals surface area contributed by atoms with Gasteiger partial charge < -0.3 is 10.0 Å². The van der Waals surface area contributed by atoms with Crippen LogP contribution in [0.15, 0.2) is 29.8 Å². The van der Waals surface area contributed by atoms with E-state index in [2.05, 4.69) is 34.3 Å². The molecule has 0 bridgehead atoms. The van der Waals surface area contributed by atoms with Gasteiger partial charge in [0.2, 0.25) is 0 Å². The SMILES string of the molecule is CCN(Cc1cccs1)c1ncc(CO)cc1C. The number of hydrogen-bond donors (Lipinski definition) is 1. The number of nitrogens with zero attached hydrogens (tertiary/aromatic N) is 2. The number of thiophene rings is 1. The summed E-state index contributed by atoms with van der Waals surface area (Å²) in [5.41, 5.74) is 1.98. The highest BCUT2D eigenvalue weighted by atomic mass is 32.1. The van der Waals surface area contributed by atoms with E-state index in [0.717, 1.165) is 30.0 Å².